The smallest absolute Gasteiger partial charge is 0.184 e. The highest BCUT2D eigenvalue weighted by molar-refractivity contribution is 6.07. The van der Waals surface area contributed by atoms with Gasteiger partial charge in [-0.15, -0.1) is 0 Å². The van der Waals surface area contributed by atoms with Crippen molar-refractivity contribution in [1.82, 2.24) is 0 Å². The van der Waals surface area contributed by atoms with E-state index in [-0.39, 0.29) is 12.4 Å². The quantitative estimate of drug-likeness (QED) is 0.514. The van der Waals surface area contributed by atoms with Crippen molar-refractivity contribution < 1.29 is 14.6 Å². The van der Waals surface area contributed by atoms with E-state index < -0.39 is 11.6 Å². The number of carbonyl (C=O) groups excluding carboxylic acids is 1. The van der Waals surface area contributed by atoms with Gasteiger partial charge in [-0.3, -0.25) is 4.79 Å². The maximum Gasteiger partial charge on any atom is 0.184 e. The summed E-state index contributed by atoms with van der Waals surface area (Å²) in [5.41, 5.74) is 8.38. The molecule has 1 heterocycles. The average Bonchev–Trinajstić information content (AvgIpc) is 2.42. The maximum absolute atomic E-state index is 12.6. The lowest BCUT2D eigenvalue weighted by Crippen LogP contribution is -2.54. The van der Waals surface area contributed by atoms with Gasteiger partial charge < -0.3 is 9.84 Å². The van der Waals surface area contributed by atoms with Gasteiger partial charge in [0.25, 0.3) is 0 Å². The molecule has 0 unspecified atom stereocenters. The zero-order valence-corrected chi connectivity index (χ0v) is 10.8. The first-order valence-corrected chi connectivity index (χ1v) is 6.07. The van der Waals surface area contributed by atoms with Crippen molar-refractivity contribution in [3.8, 4) is 5.75 Å². The maximum atomic E-state index is 12.6. The van der Waals surface area contributed by atoms with E-state index in [0.29, 0.717) is 17.7 Å². The molecule has 1 aliphatic rings. The number of ether oxygens (including phenoxy) is 1. The van der Waals surface area contributed by atoms with Gasteiger partial charge in [0.2, 0.25) is 0 Å². The third-order valence-corrected chi connectivity index (χ3v) is 3.38. The molecule has 0 spiro atoms. The second kappa shape index (κ2) is 4.91. The molecule has 0 radical (unpaired) electrons. The summed E-state index contributed by atoms with van der Waals surface area (Å²) in [5.74, 6) is 0.0762. The zero-order valence-electron chi connectivity index (χ0n) is 10.8. The Kier molecular flexibility index (Phi) is 3.46. The van der Waals surface area contributed by atoms with Crippen molar-refractivity contribution in [2.24, 2.45) is 5.11 Å². The SMILES string of the molecule is CC[C@@H](O)[C@@]1(N=[N+]=[N-])COc2ccc(C)cc2C1=O. The summed E-state index contributed by atoms with van der Waals surface area (Å²) in [5, 5.41) is 13.6. The number of hydrogen-bond acceptors (Lipinski definition) is 4. The second-order valence-electron chi connectivity index (χ2n) is 4.66. The van der Waals surface area contributed by atoms with Crippen molar-refractivity contribution in [3.05, 3.63) is 39.8 Å². The molecule has 1 N–H and O–H groups in total. The van der Waals surface area contributed by atoms with Crippen LogP contribution in [0, 0.1) is 6.92 Å². The van der Waals surface area contributed by atoms with Gasteiger partial charge in [0.1, 0.15) is 12.4 Å². The van der Waals surface area contributed by atoms with Gasteiger partial charge in [0.05, 0.1) is 11.7 Å². The first-order valence-electron chi connectivity index (χ1n) is 6.07. The predicted molar refractivity (Wildman–Crippen MR) is 69.2 cm³/mol. The van der Waals surface area contributed by atoms with Crippen LogP contribution in [-0.4, -0.2) is 29.1 Å². The van der Waals surface area contributed by atoms with Crippen LogP contribution < -0.4 is 4.74 Å². The minimum absolute atomic E-state index is 0.138. The van der Waals surface area contributed by atoms with Crippen molar-refractivity contribution in [3.63, 3.8) is 0 Å². The van der Waals surface area contributed by atoms with Crippen LogP contribution in [0.15, 0.2) is 23.3 Å². The minimum atomic E-state index is -1.57. The standard InChI is InChI=1S/C13H15N3O3/c1-3-11(17)13(15-16-14)7-19-10-5-4-8(2)6-9(10)12(13)18/h4-6,11,17H,3,7H2,1-2H3/t11-,13+/m1/s1. The highest BCUT2D eigenvalue weighted by atomic mass is 16.5. The van der Waals surface area contributed by atoms with Crippen LogP contribution in [0.4, 0.5) is 0 Å². The molecule has 0 amide bonds. The van der Waals surface area contributed by atoms with E-state index in [1.807, 2.05) is 13.0 Å². The number of benzene rings is 1. The second-order valence-corrected chi connectivity index (χ2v) is 4.66. The Morgan fingerprint density at radius 2 is 2.37 bits per heavy atom. The number of hydrogen-bond donors (Lipinski definition) is 1. The van der Waals surface area contributed by atoms with Crippen molar-refractivity contribution in [2.45, 2.75) is 31.9 Å². The number of fused-ring (bicyclic) bond motifs is 1. The highest BCUT2D eigenvalue weighted by Crippen LogP contribution is 2.35. The molecule has 19 heavy (non-hydrogen) atoms. The van der Waals surface area contributed by atoms with Crippen molar-refractivity contribution in [1.29, 1.82) is 0 Å². The van der Waals surface area contributed by atoms with E-state index in [9.17, 15) is 9.90 Å². The van der Waals surface area contributed by atoms with Gasteiger partial charge in [-0.25, -0.2) is 0 Å². The van der Waals surface area contributed by atoms with Crippen LogP contribution in [0.25, 0.3) is 10.4 Å². The van der Waals surface area contributed by atoms with Crippen LogP contribution in [0.5, 0.6) is 5.75 Å². The number of aryl methyl sites for hydroxylation is 1. The number of nitrogens with zero attached hydrogens (tertiary/aromatic N) is 3. The summed E-state index contributed by atoms with van der Waals surface area (Å²) in [6.45, 7) is 3.44. The first kappa shape index (κ1) is 13.4. The lowest BCUT2D eigenvalue weighted by molar-refractivity contribution is 0.0332. The molecule has 1 aromatic rings. The van der Waals surface area contributed by atoms with E-state index in [1.165, 1.54) is 0 Å². The van der Waals surface area contributed by atoms with Crippen LogP contribution in [0.3, 0.4) is 0 Å². The Morgan fingerprint density at radius 1 is 1.63 bits per heavy atom. The number of carbonyl (C=O) groups is 1. The molecule has 0 bridgehead atoms. The average molecular weight is 261 g/mol. The summed E-state index contributed by atoms with van der Waals surface area (Å²) >= 11 is 0. The van der Waals surface area contributed by atoms with Gasteiger partial charge in [-0.05, 0) is 31.0 Å². The van der Waals surface area contributed by atoms with Gasteiger partial charge in [0, 0.05) is 4.91 Å². The molecular formula is C13H15N3O3. The molecule has 0 fully saturated rings. The molecule has 0 aliphatic carbocycles. The van der Waals surface area contributed by atoms with E-state index in [4.69, 9.17) is 10.3 Å². The Morgan fingerprint density at radius 3 is 3.00 bits per heavy atom. The Labute approximate surface area is 110 Å². The largest absolute Gasteiger partial charge is 0.492 e. The Bertz CT molecular complexity index is 566. The molecule has 0 saturated heterocycles. The molecule has 2 rings (SSSR count). The number of aliphatic hydroxyl groups is 1. The summed E-state index contributed by atoms with van der Waals surface area (Å²) < 4.78 is 5.49. The number of azide groups is 1. The lowest BCUT2D eigenvalue weighted by atomic mass is 9.82. The third-order valence-electron chi connectivity index (χ3n) is 3.38. The molecular weight excluding hydrogens is 246 g/mol. The number of rotatable bonds is 3. The molecule has 6 nitrogen and oxygen atoms in total. The van der Waals surface area contributed by atoms with E-state index in [1.54, 1.807) is 19.1 Å². The van der Waals surface area contributed by atoms with Gasteiger partial charge >= 0.3 is 0 Å². The molecule has 1 aliphatic heterocycles. The van der Waals surface area contributed by atoms with Crippen LogP contribution in [0.2, 0.25) is 0 Å². The summed E-state index contributed by atoms with van der Waals surface area (Å²) in [6, 6.07) is 5.23. The zero-order chi connectivity index (χ0) is 14.0. The van der Waals surface area contributed by atoms with E-state index in [0.717, 1.165) is 5.56 Å². The normalized spacial score (nSPS) is 23.0. The Balaban J connectivity index is 2.56. The minimum Gasteiger partial charge on any atom is -0.492 e. The lowest BCUT2D eigenvalue weighted by Gasteiger charge is -2.35. The van der Waals surface area contributed by atoms with Crippen LogP contribution in [-0.2, 0) is 0 Å². The van der Waals surface area contributed by atoms with E-state index >= 15 is 0 Å². The topological polar surface area (TPSA) is 95.3 Å². The van der Waals surface area contributed by atoms with Crippen molar-refractivity contribution >= 4 is 5.78 Å². The predicted octanol–water partition coefficient (Wildman–Crippen LogP) is 2.39. The summed E-state index contributed by atoms with van der Waals surface area (Å²) in [7, 11) is 0. The molecule has 1 aromatic carbocycles. The third kappa shape index (κ3) is 2.05. The summed E-state index contributed by atoms with van der Waals surface area (Å²) in [4.78, 5) is 15.3. The fourth-order valence-corrected chi connectivity index (χ4v) is 2.24. The molecule has 0 aromatic heterocycles. The monoisotopic (exact) mass is 261 g/mol. The molecule has 0 saturated carbocycles. The van der Waals surface area contributed by atoms with Gasteiger partial charge in [-0.1, -0.05) is 23.7 Å². The highest BCUT2D eigenvalue weighted by Gasteiger charge is 2.48. The fraction of sp³-hybridized carbons (Fsp3) is 0.462. The van der Waals surface area contributed by atoms with Crippen LogP contribution in [0.1, 0.15) is 29.3 Å². The Hall–Kier alpha value is -2.04. The van der Waals surface area contributed by atoms with Crippen molar-refractivity contribution in [2.75, 3.05) is 6.61 Å². The number of aliphatic hydroxyl groups excluding tert-OH is 1. The number of Topliss-reactive ketones (excluding diaryl/α,β-unsaturated/α-hetero) is 1. The fourth-order valence-electron chi connectivity index (χ4n) is 2.24. The van der Waals surface area contributed by atoms with E-state index in [2.05, 4.69) is 10.0 Å². The van der Waals surface area contributed by atoms with Gasteiger partial charge in [-0.2, -0.15) is 0 Å². The van der Waals surface area contributed by atoms with Crippen LogP contribution >= 0.6 is 0 Å². The molecule has 100 valence electrons. The summed E-state index contributed by atoms with van der Waals surface area (Å²) in [6.07, 6.45) is -0.764. The number of ketones is 1. The molecule has 2 atom stereocenters. The van der Waals surface area contributed by atoms with Gasteiger partial charge in [0.15, 0.2) is 11.3 Å². The first-order chi connectivity index (χ1) is 9.05. The molecule has 6 heteroatoms.